The van der Waals surface area contributed by atoms with E-state index in [1.807, 2.05) is 30.3 Å². The lowest BCUT2D eigenvalue weighted by Gasteiger charge is -2.00. The number of carbonyl (C=O) groups excluding carboxylic acids is 1. The molecular formula is C16H10O3S. The molecule has 0 bridgehead atoms. The number of hydrogen-bond donors (Lipinski definition) is 1. The van der Waals surface area contributed by atoms with Crippen LogP contribution < -0.4 is 0 Å². The summed E-state index contributed by atoms with van der Waals surface area (Å²) < 4.78 is 0. The molecule has 98 valence electrons. The summed E-state index contributed by atoms with van der Waals surface area (Å²) in [5, 5.41) is 9.17. The van der Waals surface area contributed by atoms with Crippen LogP contribution in [0.5, 0.6) is 0 Å². The number of allylic oxidation sites excluding steroid dienone is 1. The van der Waals surface area contributed by atoms with E-state index >= 15 is 0 Å². The quantitative estimate of drug-likeness (QED) is 0.853. The maximum absolute atomic E-state index is 12.3. The third kappa shape index (κ3) is 2.14. The molecule has 0 amide bonds. The molecule has 0 radical (unpaired) electrons. The number of carboxylic acid groups (broad SMARTS) is 1. The molecular weight excluding hydrogens is 272 g/mol. The SMILES string of the molecule is O=C(O)c1cccc2c1S/C(=C\c1ccccc1)C2=O. The maximum Gasteiger partial charge on any atom is 0.336 e. The van der Waals surface area contributed by atoms with Crippen molar-refractivity contribution in [1.29, 1.82) is 0 Å². The summed E-state index contributed by atoms with van der Waals surface area (Å²) in [6, 6.07) is 14.3. The van der Waals surface area contributed by atoms with Gasteiger partial charge in [-0.05, 0) is 23.8 Å². The second-order valence-corrected chi connectivity index (χ2v) is 5.39. The minimum Gasteiger partial charge on any atom is -0.478 e. The molecule has 3 nitrogen and oxygen atoms in total. The van der Waals surface area contributed by atoms with Crippen LogP contribution in [0.25, 0.3) is 6.08 Å². The molecule has 2 aromatic rings. The Kier molecular flexibility index (Phi) is 3.16. The summed E-state index contributed by atoms with van der Waals surface area (Å²) in [5.74, 6) is -1.12. The average molecular weight is 282 g/mol. The molecule has 1 aliphatic heterocycles. The molecule has 2 aromatic carbocycles. The van der Waals surface area contributed by atoms with Gasteiger partial charge in [-0.25, -0.2) is 4.79 Å². The number of hydrogen-bond acceptors (Lipinski definition) is 3. The zero-order valence-electron chi connectivity index (χ0n) is 10.4. The molecule has 1 heterocycles. The van der Waals surface area contributed by atoms with Crippen molar-refractivity contribution >= 4 is 29.6 Å². The van der Waals surface area contributed by atoms with Gasteiger partial charge in [0, 0.05) is 10.5 Å². The van der Waals surface area contributed by atoms with Crippen molar-refractivity contribution in [3.63, 3.8) is 0 Å². The second kappa shape index (κ2) is 4.98. The van der Waals surface area contributed by atoms with Crippen molar-refractivity contribution in [3.05, 3.63) is 70.1 Å². The van der Waals surface area contributed by atoms with Crippen LogP contribution in [-0.4, -0.2) is 16.9 Å². The van der Waals surface area contributed by atoms with Crippen LogP contribution >= 0.6 is 11.8 Å². The van der Waals surface area contributed by atoms with Gasteiger partial charge in [-0.15, -0.1) is 0 Å². The Bertz CT molecular complexity index is 733. The van der Waals surface area contributed by atoms with Crippen LogP contribution in [-0.2, 0) is 0 Å². The van der Waals surface area contributed by atoms with E-state index in [-0.39, 0.29) is 11.3 Å². The van der Waals surface area contributed by atoms with E-state index in [4.69, 9.17) is 5.11 Å². The molecule has 0 aromatic heterocycles. The van der Waals surface area contributed by atoms with Crippen LogP contribution in [0.3, 0.4) is 0 Å². The number of ketones is 1. The molecule has 0 saturated heterocycles. The standard InChI is InChI=1S/C16H10O3S/c17-14-11-7-4-8-12(16(18)19)15(11)20-13(14)9-10-5-2-1-3-6-10/h1-9H,(H,18,19)/b13-9-. The van der Waals surface area contributed by atoms with Crippen molar-refractivity contribution in [3.8, 4) is 0 Å². The number of benzene rings is 2. The van der Waals surface area contributed by atoms with Gasteiger partial charge in [0.1, 0.15) is 0 Å². The van der Waals surface area contributed by atoms with Gasteiger partial charge in [0.25, 0.3) is 0 Å². The maximum atomic E-state index is 12.3. The van der Waals surface area contributed by atoms with Crippen molar-refractivity contribution in [2.75, 3.05) is 0 Å². The van der Waals surface area contributed by atoms with Gasteiger partial charge >= 0.3 is 5.97 Å². The van der Waals surface area contributed by atoms with E-state index in [1.54, 1.807) is 18.2 Å². The smallest absolute Gasteiger partial charge is 0.336 e. The first kappa shape index (κ1) is 12.7. The Balaban J connectivity index is 2.05. The van der Waals surface area contributed by atoms with Gasteiger partial charge in [0.05, 0.1) is 10.5 Å². The Morgan fingerprint density at radius 3 is 2.50 bits per heavy atom. The highest BCUT2D eigenvalue weighted by atomic mass is 32.2. The number of aromatic carboxylic acids is 1. The lowest BCUT2D eigenvalue weighted by molar-refractivity contribution is 0.0693. The molecule has 20 heavy (non-hydrogen) atoms. The fourth-order valence-electron chi connectivity index (χ4n) is 2.08. The largest absolute Gasteiger partial charge is 0.478 e. The molecule has 4 heteroatoms. The lowest BCUT2D eigenvalue weighted by Crippen LogP contribution is -2.00. The first-order valence-electron chi connectivity index (χ1n) is 6.02. The first-order valence-corrected chi connectivity index (χ1v) is 6.84. The summed E-state index contributed by atoms with van der Waals surface area (Å²) in [5.41, 5.74) is 1.57. The predicted octanol–water partition coefficient (Wildman–Crippen LogP) is 3.71. The molecule has 0 aliphatic carbocycles. The summed E-state index contributed by atoms with van der Waals surface area (Å²) in [6.07, 6.45) is 1.79. The van der Waals surface area contributed by atoms with Gasteiger partial charge in [-0.3, -0.25) is 4.79 Å². The summed E-state index contributed by atoms with van der Waals surface area (Å²) in [7, 11) is 0. The normalized spacial score (nSPS) is 15.4. The Morgan fingerprint density at radius 2 is 1.80 bits per heavy atom. The van der Waals surface area contributed by atoms with Crippen molar-refractivity contribution in [2.24, 2.45) is 0 Å². The molecule has 0 saturated carbocycles. The molecule has 1 N–H and O–H groups in total. The topological polar surface area (TPSA) is 54.4 Å². The zero-order valence-corrected chi connectivity index (χ0v) is 11.2. The Labute approximate surface area is 119 Å². The van der Waals surface area contributed by atoms with Gasteiger partial charge in [-0.1, -0.05) is 48.2 Å². The summed E-state index contributed by atoms with van der Waals surface area (Å²) in [4.78, 5) is 24.6. The molecule has 0 atom stereocenters. The van der Waals surface area contributed by atoms with E-state index in [9.17, 15) is 9.59 Å². The van der Waals surface area contributed by atoms with Crippen molar-refractivity contribution in [1.82, 2.24) is 0 Å². The van der Waals surface area contributed by atoms with Crippen LogP contribution in [0, 0.1) is 0 Å². The van der Waals surface area contributed by atoms with Gasteiger partial charge in [-0.2, -0.15) is 0 Å². The number of thioether (sulfide) groups is 1. The number of carboxylic acids is 1. The fourth-order valence-corrected chi connectivity index (χ4v) is 3.23. The number of rotatable bonds is 2. The van der Waals surface area contributed by atoms with Gasteiger partial charge in [0.15, 0.2) is 0 Å². The van der Waals surface area contributed by atoms with Gasteiger partial charge < -0.3 is 5.11 Å². The van der Waals surface area contributed by atoms with Crippen LogP contribution in [0.1, 0.15) is 26.3 Å². The minimum atomic E-state index is -1.01. The van der Waals surface area contributed by atoms with E-state index in [1.165, 1.54) is 17.8 Å². The third-order valence-electron chi connectivity index (χ3n) is 3.02. The van der Waals surface area contributed by atoms with Crippen LogP contribution in [0.15, 0.2) is 58.3 Å². The molecule has 1 aliphatic rings. The van der Waals surface area contributed by atoms with E-state index in [2.05, 4.69) is 0 Å². The van der Waals surface area contributed by atoms with E-state index in [0.717, 1.165) is 5.56 Å². The monoisotopic (exact) mass is 282 g/mol. The zero-order chi connectivity index (χ0) is 14.1. The lowest BCUT2D eigenvalue weighted by atomic mass is 10.1. The van der Waals surface area contributed by atoms with Crippen LogP contribution in [0.4, 0.5) is 0 Å². The number of carbonyl (C=O) groups is 2. The first-order chi connectivity index (χ1) is 9.66. The summed E-state index contributed by atoms with van der Waals surface area (Å²) in [6.45, 7) is 0. The molecule has 0 spiro atoms. The number of Topliss-reactive ketones (excluding diaryl/α,β-unsaturated/α-hetero) is 1. The predicted molar refractivity (Wildman–Crippen MR) is 78.0 cm³/mol. The average Bonchev–Trinajstić information content (AvgIpc) is 2.77. The highest BCUT2D eigenvalue weighted by Gasteiger charge is 2.29. The van der Waals surface area contributed by atoms with Crippen LogP contribution in [0.2, 0.25) is 0 Å². The highest BCUT2D eigenvalue weighted by Crippen LogP contribution is 2.42. The third-order valence-corrected chi connectivity index (χ3v) is 4.19. The number of fused-ring (bicyclic) bond motifs is 1. The minimum absolute atomic E-state index is 0.114. The molecule has 3 rings (SSSR count). The van der Waals surface area contributed by atoms with Crippen molar-refractivity contribution < 1.29 is 14.7 Å². The van der Waals surface area contributed by atoms with Gasteiger partial charge in [0.2, 0.25) is 5.78 Å². The Morgan fingerprint density at radius 1 is 1.05 bits per heavy atom. The van der Waals surface area contributed by atoms with E-state index < -0.39 is 5.97 Å². The molecule has 0 fully saturated rings. The van der Waals surface area contributed by atoms with Crippen molar-refractivity contribution in [2.45, 2.75) is 4.90 Å². The second-order valence-electron chi connectivity index (χ2n) is 4.34. The fraction of sp³-hybridized carbons (Fsp3) is 0. The van der Waals surface area contributed by atoms with E-state index in [0.29, 0.717) is 15.4 Å². The Hall–Kier alpha value is -2.33. The highest BCUT2D eigenvalue weighted by molar-refractivity contribution is 8.05. The summed E-state index contributed by atoms with van der Waals surface area (Å²) >= 11 is 1.22. The molecule has 0 unspecified atom stereocenters.